The highest BCUT2D eigenvalue weighted by Crippen LogP contribution is 2.37. The third-order valence-corrected chi connectivity index (χ3v) is 7.86. The van der Waals surface area contributed by atoms with Crippen LogP contribution in [0.3, 0.4) is 0 Å². The molecule has 7 rings (SSSR count). The predicted octanol–water partition coefficient (Wildman–Crippen LogP) is 6.67. The smallest absolute Gasteiger partial charge is 0.335 e. The maximum absolute atomic E-state index is 11.8. The predicted molar refractivity (Wildman–Crippen MR) is 163 cm³/mol. The van der Waals surface area contributed by atoms with E-state index in [1.807, 2.05) is 33.4 Å². The Bertz CT molecular complexity index is 2110. The van der Waals surface area contributed by atoms with Crippen LogP contribution in [0.5, 0.6) is 0 Å². The lowest BCUT2D eigenvalue weighted by atomic mass is 10.1. The first-order chi connectivity index (χ1) is 21.1. The number of carboxylic acid groups (broad SMARTS) is 4. The highest BCUT2D eigenvalue weighted by atomic mass is 16.4. The molecule has 0 atom stereocenters. The van der Waals surface area contributed by atoms with E-state index in [1.54, 1.807) is 24.3 Å². The molecule has 0 spiro atoms. The van der Waals surface area contributed by atoms with Gasteiger partial charge in [-0.1, -0.05) is 6.07 Å². The van der Waals surface area contributed by atoms with E-state index in [2.05, 4.69) is 0 Å². The summed E-state index contributed by atoms with van der Waals surface area (Å²) >= 11 is 0. The summed E-state index contributed by atoms with van der Waals surface area (Å²) in [7, 11) is 0. The summed E-state index contributed by atoms with van der Waals surface area (Å²) in [6.07, 6.45) is 0. The summed E-state index contributed by atoms with van der Waals surface area (Å²) in [4.78, 5) is 47.1. The van der Waals surface area contributed by atoms with Crippen LogP contribution in [0, 0.1) is 0 Å². The highest BCUT2D eigenvalue weighted by molar-refractivity contribution is 6.14. The Labute approximate surface area is 246 Å². The van der Waals surface area contributed by atoms with Crippen molar-refractivity contribution in [1.29, 1.82) is 0 Å². The average molecular weight is 585 g/mol. The molecule has 0 saturated heterocycles. The van der Waals surface area contributed by atoms with Crippen molar-refractivity contribution in [1.82, 2.24) is 9.13 Å². The quantitative estimate of drug-likeness (QED) is 0.169. The van der Waals surface area contributed by atoms with Gasteiger partial charge < -0.3 is 29.6 Å². The van der Waals surface area contributed by atoms with Gasteiger partial charge in [0, 0.05) is 32.9 Å². The van der Waals surface area contributed by atoms with Gasteiger partial charge in [0.2, 0.25) is 0 Å². The standard InChI is InChI=1S/C34H20N2O8/c37-31(38)17-4-8-27-23(12-17)24-13-18(32(39)40)5-9-28(24)35(27)21-2-1-3-22(16-21)36-29-10-6-19(33(41)42)14-25(29)26-15-20(34(43)44)7-11-30(26)36/h1-16H,(H,37,38)(H,39,40)(H,41,42)(H,43,44). The number of carbonyl (C=O) groups is 4. The van der Waals surface area contributed by atoms with Gasteiger partial charge in [-0.3, -0.25) is 0 Å². The van der Waals surface area contributed by atoms with Gasteiger partial charge in [-0.25, -0.2) is 19.2 Å². The van der Waals surface area contributed by atoms with E-state index < -0.39 is 23.9 Å². The van der Waals surface area contributed by atoms with Gasteiger partial charge in [-0.15, -0.1) is 0 Å². The zero-order valence-corrected chi connectivity index (χ0v) is 22.6. The number of aromatic nitrogens is 2. The molecule has 5 aromatic carbocycles. The minimum atomic E-state index is -1.10. The molecule has 0 aliphatic heterocycles. The van der Waals surface area contributed by atoms with Crippen LogP contribution < -0.4 is 0 Å². The Morgan fingerprint density at radius 2 is 0.659 bits per heavy atom. The maximum atomic E-state index is 11.8. The monoisotopic (exact) mass is 584 g/mol. The van der Waals surface area contributed by atoms with Crippen LogP contribution in [0.1, 0.15) is 41.4 Å². The number of fused-ring (bicyclic) bond motifs is 6. The van der Waals surface area contributed by atoms with Crippen LogP contribution in [-0.4, -0.2) is 53.4 Å². The van der Waals surface area contributed by atoms with Gasteiger partial charge >= 0.3 is 23.9 Å². The Morgan fingerprint density at radius 1 is 0.386 bits per heavy atom. The summed E-state index contributed by atoms with van der Waals surface area (Å²) in [5.74, 6) is -4.42. The highest BCUT2D eigenvalue weighted by Gasteiger charge is 2.19. The van der Waals surface area contributed by atoms with Crippen molar-refractivity contribution in [2.75, 3.05) is 0 Å². The molecule has 0 aliphatic rings. The number of carboxylic acids is 4. The van der Waals surface area contributed by atoms with E-state index in [0.29, 0.717) is 55.0 Å². The van der Waals surface area contributed by atoms with Gasteiger partial charge in [0.25, 0.3) is 0 Å². The van der Waals surface area contributed by atoms with Crippen molar-refractivity contribution < 1.29 is 39.6 Å². The van der Waals surface area contributed by atoms with Crippen LogP contribution in [0.25, 0.3) is 55.0 Å². The van der Waals surface area contributed by atoms with Gasteiger partial charge in [-0.2, -0.15) is 0 Å². The first-order valence-corrected chi connectivity index (χ1v) is 13.3. The maximum Gasteiger partial charge on any atom is 0.335 e. The second-order valence-electron chi connectivity index (χ2n) is 10.3. The van der Waals surface area contributed by atoms with Crippen LogP contribution in [0.2, 0.25) is 0 Å². The fourth-order valence-electron chi connectivity index (χ4n) is 5.91. The number of rotatable bonds is 6. The largest absolute Gasteiger partial charge is 0.478 e. The molecule has 0 saturated carbocycles. The van der Waals surface area contributed by atoms with Crippen LogP contribution in [-0.2, 0) is 0 Å². The Kier molecular flexibility index (Phi) is 5.76. The summed E-state index contributed by atoms with van der Waals surface area (Å²) in [6.45, 7) is 0. The molecule has 0 unspecified atom stereocenters. The van der Waals surface area contributed by atoms with E-state index in [-0.39, 0.29) is 22.3 Å². The van der Waals surface area contributed by atoms with Crippen LogP contribution >= 0.6 is 0 Å². The number of benzene rings is 5. The first kappa shape index (κ1) is 26.5. The number of aromatic carboxylic acids is 4. The molecule has 0 amide bonds. The van der Waals surface area contributed by atoms with Crippen molar-refractivity contribution in [2.24, 2.45) is 0 Å². The van der Waals surface area contributed by atoms with E-state index >= 15 is 0 Å². The van der Waals surface area contributed by atoms with Crippen LogP contribution in [0.4, 0.5) is 0 Å². The lowest BCUT2D eigenvalue weighted by molar-refractivity contribution is 0.0686. The first-order valence-electron chi connectivity index (χ1n) is 13.3. The van der Waals surface area contributed by atoms with E-state index in [1.165, 1.54) is 48.5 Å². The lowest BCUT2D eigenvalue weighted by Crippen LogP contribution is -2.00. The minimum absolute atomic E-state index is 0.0674. The minimum Gasteiger partial charge on any atom is -0.478 e. The van der Waals surface area contributed by atoms with Crippen LogP contribution in [0.15, 0.2) is 97.1 Å². The normalized spacial score (nSPS) is 11.5. The molecule has 7 aromatic rings. The van der Waals surface area contributed by atoms with Crippen molar-refractivity contribution in [3.8, 4) is 11.4 Å². The SMILES string of the molecule is O=C(O)c1ccc2c(c1)c1cc(C(=O)O)ccc1n2-c1cccc(-n2c3ccc(C(=O)O)cc3c3cc(C(=O)O)ccc32)c1. The van der Waals surface area contributed by atoms with Gasteiger partial charge in [-0.05, 0) is 91.0 Å². The zero-order valence-electron chi connectivity index (χ0n) is 22.6. The molecule has 4 N–H and O–H groups in total. The van der Waals surface area contributed by atoms with Gasteiger partial charge in [0.1, 0.15) is 0 Å². The fourth-order valence-corrected chi connectivity index (χ4v) is 5.91. The second-order valence-corrected chi connectivity index (χ2v) is 10.3. The average Bonchev–Trinajstić information content (AvgIpc) is 3.52. The molecule has 10 heteroatoms. The third kappa shape index (κ3) is 3.97. The molecule has 10 nitrogen and oxygen atoms in total. The molecule has 214 valence electrons. The van der Waals surface area contributed by atoms with Crippen molar-refractivity contribution in [3.63, 3.8) is 0 Å². The number of hydrogen-bond acceptors (Lipinski definition) is 4. The van der Waals surface area contributed by atoms with E-state index in [0.717, 1.165) is 0 Å². The van der Waals surface area contributed by atoms with Gasteiger partial charge in [0.05, 0.1) is 44.3 Å². The molecule has 0 radical (unpaired) electrons. The third-order valence-electron chi connectivity index (χ3n) is 7.86. The lowest BCUT2D eigenvalue weighted by Gasteiger charge is -2.13. The second kappa shape index (κ2) is 9.57. The summed E-state index contributed by atoms with van der Waals surface area (Å²) < 4.78 is 3.84. The number of hydrogen-bond donors (Lipinski definition) is 4. The topological polar surface area (TPSA) is 159 Å². The van der Waals surface area contributed by atoms with Crippen molar-refractivity contribution >= 4 is 67.5 Å². The molecule has 2 aromatic heterocycles. The molecule has 0 fully saturated rings. The van der Waals surface area contributed by atoms with E-state index in [9.17, 15) is 39.6 Å². The fraction of sp³-hybridized carbons (Fsp3) is 0. The summed E-state index contributed by atoms with van der Waals surface area (Å²) in [5, 5.41) is 40.8. The summed E-state index contributed by atoms with van der Waals surface area (Å²) in [5.41, 5.74) is 4.36. The van der Waals surface area contributed by atoms with E-state index in [4.69, 9.17) is 0 Å². The van der Waals surface area contributed by atoms with Crippen molar-refractivity contribution in [3.05, 3.63) is 119 Å². The molecular weight excluding hydrogens is 564 g/mol. The molecule has 0 bridgehead atoms. The Morgan fingerprint density at radius 3 is 0.909 bits per heavy atom. The Balaban J connectivity index is 1.52. The van der Waals surface area contributed by atoms with Gasteiger partial charge in [0.15, 0.2) is 0 Å². The molecule has 44 heavy (non-hydrogen) atoms. The number of nitrogens with zero attached hydrogens (tertiary/aromatic N) is 2. The molecule has 2 heterocycles. The van der Waals surface area contributed by atoms with Crippen molar-refractivity contribution in [2.45, 2.75) is 0 Å². The zero-order chi connectivity index (χ0) is 30.9. The molecule has 0 aliphatic carbocycles. The Hall–Kier alpha value is -6.42. The molecular formula is C34H20N2O8. The summed E-state index contributed by atoms with van der Waals surface area (Å²) in [6, 6.07) is 26.3.